The molecule has 2 aromatic rings. The Balaban J connectivity index is 1.42. The number of benzene rings is 1. The van der Waals surface area contributed by atoms with Crippen molar-refractivity contribution in [1.82, 2.24) is 20.2 Å². The molecule has 0 aliphatic carbocycles. The zero-order valence-corrected chi connectivity index (χ0v) is 14.6. The van der Waals surface area contributed by atoms with Crippen LogP contribution in [0, 0.1) is 5.92 Å². The maximum absolute atomic E-state index is 12.3. The Bertz CT molecular complexity index is 826. The summed E-state index contributed by atoms with van der Waals surface area (Å²) in [6, 6.07) is 8.80. The highest BCUT2D eigenvalue weighted by Crippen LogP contribution is 2.28. The minimum Gasteiger partial charge on any atom is -0.315 e. The highest BCUT2D eigenvalue weighted by Gasteiger charge is 2.37. The Labute approximate surface area is 147 Å². The molecule has 2 N–H and O–H groups in total. The number of aromatic nitrogens is 2. The van der Waals surface area contributed by atoms with E-state index in [1.165, 1.54) is 18.6 Å². The fraction of sp³-hybridized carbons (Fsp3) is 0.412. The molecule has 7 nitrogen and oxygen atoms in total. The average molecular weight is 359 g/mol. The Morgan fingerprint density at radius 2 is 1.92 bits per heavy atom. The Morgan fingerprint density at radius 3 is 2.68 bits per heavy atom. The van der Waals surface area contributed by atoms with Crippen molar-refractivity contribution in [3.8, 4) is 0 Å². The molecule has 0 amide bonds. The van der Waals surface area contributed by atoms with Crippen molar-refractivity contribution >= 4 is 16.0 Å². The molecule has 0 unspecified atom stereocenters. The SMILES string of the molecule is O=S(=O)(Nc1ncc(CN2CC[C@H]3CNC[C@H]32)cn1)c1ccccc1. The van der Waals surface area contributed by atoms with Gasteiger partial charge in [-0.15, -0.1) is 0 Å². The zero-order chi connectivity index (χ0) is 17.3. The average Bonchev–Trinajstić information content (AvgIpc) is 3.22. The summed E-state index contributed by atoms with van der Waals surface area (Å²) in [5.74, 6) is 0.840. The maximum Gasteiger partial charge on any atom is 0.264 e. The summed E-state index contributed by atoms with van der Waals surface area (Å²) in [7, 11) is -3.65. The lowest BCUT2D eigenvalue weighted by molar-refractivity contribution is 0.243. The van der Waals surface area contributed by atoms with Crippen LogP contribution >= 0.6 is 0 Å². The van der Waals surface area contributed by atoms with Crippen LogP contribution in [-0.4, -0.2) is 49.0 Å². The fourth-order valence-electron chi connectivity index (χ4n) is 3.64. The van der Waals surface area contributed by atoms with E-state index in [4.69, 9.17) is 0 Å². The molecular formula is C17H21N5O2S. The van der Waals surface area contributed by atoms with E-state index in [1.807, 2.05) is 0 Å². The molecule has 2 aliphatic heterocycles. The van der Waals surface area contributed by atoms with E-state index in [1.54, 1.807) is 30.6 Å². The van der Waals surface area contributed by atoms with Gasteiger partial charge < -0.3 is 5.32 Å². The predicted molar refractivity (Wildman–Crippen MR) is 94.5 cm³/mol. The minimum atomic E-state index is -3.65. The van der Waals surface area contributed by atoms with Gasteiger partial charge in [-0.25, -0.2) is 23.1 Å². The second kappa shape index (κ2) is 6.70. The summed E-state index contributed by atoms with van der Waals surface area (Å²) in [5.41, 5.74) is 0.996. The number of likely N-dealkylation sites (tertiary alicyclic amines) is 1. The van der Waals surface area contributed by atoms with Gasteiger partial charge in [0.2, 0.25) is 5.95 Å². The lowest BCUT2D eigenvalue weighted by atomic mass is 10.1. The van der Waals surface area contributed by atoms with Gasteiger partial charge in [0, 0.05) is 37.1 Å². The van der Waals surface area contributed by atoms with Crippen molar-refractivity contribution in [3.05, 3.63) is 48.3 Å². The van der Waals surface area contributed by atoms with Gasteiger partial charge in [0.05, 0.1) is 4.90 Å². The Hall–Kier alpha value is -2.03. The van der Waals surface area contributed by atoms with Crippen LogP contribution < -0.4 is 10.0 Å². The van der Waals surface area contributed by atoms with Gasteiger partial charge in [0.25, 0.3) is 10.0 Å². The molecule has 0 bridgehead atoms. The number of nitrogens with one attached hydrogen (secondary N) is 2. The number of rotatable bonds is 5. The lowest BCUT2D eigenvalue weighted by Gasteiger charge is -2.22. The van der Waals surface area contributed by atoms with Crippen molar-refractivity contribution in [2.45, 2.75) is 23.9 Å². The van der Waals surface area contributed by atoms with Gasteiger partial charge in [-0.3, -0.25) is 4.90 Å². The highest BCUT2D eigenvalue weighted by molar-refractivity contribution is 7.92. The first-order valence-corrected chi connectivity index (χ1v) is 9.94. The van der Waals surface area contributed by atoms with E-state index in [0.29, 0.717) is 6.04 Å². The molecule has 0 spiro atoms. The molecule has 8 heteroatoms. The molecule has 2 atom stereocenters. The largest absolute Gasteiger partial charge is 0.315 e. The molecule has 2 saturated heterocycles. The van der Waals surface area contributed by atoms with E-state index < -0.39 is 10.0 Å². The van der Waals surface area contributed by atoms with Crippen molar-refractivity contribution in [3.63, 3.8) is 0 Å². The molecule has 4 rings (SSSR count). The quantitative estimate of drug-likeness (QED) is 0.830. The second-order valence-electron chi connectivity index (χ2n) is 6.58. The molecule has 1 aromatic heterocycles. The summed E-state index contributed by atoms with van der Waals surface area (Å²) in [5, 5.41) is 3.44. The van der Waals surface area contributed by atoms with Gasteiger partial charge in [-0.2, -0.15) is 0 Å². The first-order valence-electron chi connectivity index (χ1n) is 8.45. The molecule has 2 aliphatic rings. The standard InChI is InChI=1S/C17H21N5O2S/c23-25(24,15-4-2-1-3-5-15)21-17-19-8-13(9-20-17)12-22-7-6-14-10-18-11-16(14)22/h1-5,8-9,14,16,18H,6-7,10-12H2,(H,19,20,21)/t14-,16+/m0/s1. The number of hydrogen-bond donors (Lipinski definition) is 2. The lowest BCUT2D eigenvalue weighted by Crippen LogP contribution is -2.33. The van der Waals surface area contributed by atoms with Gasteiger partial charge in [0.15, 0.2) is 0 Å². The zero-order valence-electron chi connectivity index (χ0n) is 13.8. The third-order valence-corrected chi connectivity index (χ3v) is 6.27. The van der Waals surface area contributed by atoms with Crippen LogP contribution in [0.3, 0.4) is 0 Å². The first-order chi connectivity index (χ1) is 12.1. The van der Waals surface area contributed by atoms with E-state index >= 15 is 0 Å². The summed E-state index contributed by atoms with van der Waals surface area (Å²) < 4.78 is 27.0. The van der Waals surface area contributed by atoms with Gasteiger partial charge in [-0.05, 0) is 37.6 Å². The fourth-order valence-corrected chi connectivity index (χ4v) is 4.62. The van der Waals surface area contributed by atoms with Crippen molar-refractivity contribution in [2.75, 3.05) is 24.4 Å². The number of nitrogens with zero attached hydrogens (tertiary/aromatic N) is 3. The normalized spacial score (nSPS) is 23.5. The van der Waals surface area contributed by atoms with Crippen molar-refractivity contribution in [1.29, 1.82) is 0 Å². The summed E-state index contributed by atoms with van der Waals surface area (Å²) in [6.45, 7) is 4.05. The van der Waals surface area contributed by atoms with Gasteiger partial charge >= 0.3 is 0 Å². The predicted octanol–water partition coefficient (Wildman–Crippen LogP) is 1.07. The van der Waals surface area contributed by atoms with Crippen molar-refractivity contribution < 1.29 is 8.42 Å². The monoisotopic (exact) mass is 359 g/mol. The number of fused-ring (bicyclic) bond motifs is 1. The smallest absolute Gasteiger partial charge is 0.264 e. The van der Waals surface area contributed by atoms with Crippen LogP contribution in [0.1, 0.15) is 12.0 Å². The van der Waals surface area contributed by atoms with E-state index in [-0.39, 0.29) is 10.8 Å². The van der Waals surface area contributed by atoms with Crippen LogP contribution in [0.2, 0.25) is 0 Å². The van der Waals surface area contributed by atoms with Crippen LogP contribution in [0.5, 0.6) is 0 Å². The molecule has 1 aromatic carbocycles. The maximum atomic E-state index is 12.3. The summed E-state index contributed by atoms with van der Waals surface area (Å²) >= 11 is 0. The van der Waals surface area contributed by atoms with Crippen LogP contribution in [0.15, 0.2) is 47.6 Å². The molecule has 0 radical (unpaired) electrons. The number of hydrogen-bond acceptors (Lipinski definition) is 6. The second-order valence-corrected chi connectivity index (χ2v) is 8.26. The Morgan fingerprint density at radius 1 is 1.16 bits per heavy atom. The molecule has 2 fully saturated rings. The summed E-state index contributed by atoms with van der Waals surface area (Å²) in [4.78, 5) is 11.0. The third kappa shape index (κ3) is 3.51. The molecule has 0 saturated carbocycles. The van der Waals surface area contributed by atoms with E-state index in [2.05, 4.69) is 24.9 Å². The first kappa shape index (κ1) is 16.4. The number of sulfonamides is 1. The van der Waals surface area contributed by atoms with E-state index in [0.717, 1.165) is 37.7 Å². The minimum absolute atomic E-state index is 0.0921. The van der Waals surface area contributed by atoms with Crippen LogP contribution in [0.25, 0.3) is 0 Å². The molecule has 132 valence electrons. The topological polar surface area (TPSA) is 87.2 Å². The van der Waals surface area contributed by atoms with Gasteiger partial charge in [-0.1, -0.05) is 18.2 Å². The summed E-state index contributed by atoms with van der Waals surface area (Å²) in [6.07, 6.45) is 4.63. The highest BCUT2D eigenvalue weighted by atomic mass is 32.2. The van der Waals surface area contributed by atoms with Crippen LogP contribution in [-0.2, 0) is 16.6 Å². The molecule has 3 heterocycles. The molecule has 25 heavy (non-hydrogen) atoms. The van der Waals surface area contributed by atoms with Crippen LogP contribution in [0.4, 0.5) is 5.95 Å². The Kier molecular flexibility index (Phi) is 4.41. The molecular weight excluding hydrogens is 338 g/mol. The van der Waals surface area contributed by atoms with Gasteiger partial charge in [0.1, 0.15) is 0 Å². The number of anilines is 1. The van der Waals surface area contributed by atoms with Crippen molar-refractivity contribution in [2.24, 2.45) is 5.92 Å². The van der Waals surface area contributed by atoms with E-state index in [9.17, 15) is 8.42 Å². The third-order valence-electron chi connectivity index (χ3n) is 4.93.